The number of pyridine rings is 1. The van der Waals surface area contributed by atoms with Crippen LogP contribution in [0.25, 0.3) is 10.9 Å². The van der Waals surface area contributed by atoms with Crippen molar-refractivity contribution in [2.45, 2.75) is 13.5 Å². The molecule has 156 valence electrons. The first-order valence-corrected chi connectivity index (χ1v) is 9.79. The fourth-order valence-corrected chi connectivity index (χ4v) is 3.01. The SMILES string of the molecule is CCNC(=O)COc1ccc(CNC(=O)c2ccc3nc(Cl)ccc3c2)cc1OC. The highest BCUT2D eigenvalue weighted by Gasteiger charge is 2.11. The summed E-state index contributed by atoms with van der Waals surface area (Å²) >= 11 is 5.89. The van der Waals surface area contributed by atoms with Crippen molar-refractivity contribution in [1.29, 1.82) is 0 Å². The van der Waals surface area contributed by atoms with Crippen molar-refractivity contribution >= 4 is 34.3 Å². The summed E-state index contributed by atoms with van der Waals surface area (Å²) in [6.45, 7) is 2.59. The van der Waals surface area contributed by atoms with E-state index in [1.54, 1.807) is 36.4 Å². The first kappa shape index (κ1) is 21.4. The molecule has 0 unspecified atom stereocenters. The summed E-state index contributed by atoms with van der Waals surface area (Å²) in [5.74, 6) is 0.533. The summed E-state index contributed by atoms with van der Waals surface area (Å²) in [4.78, 5) is 28.3. The zero-order valence-electron chi connectivity index (χ0n) is 16.7. The number of benzene rings is 2. The normalized spacial score (nSPS) is 10.5. The second-order valence-electron chi connectivity index (χ2n) is 6.45. The number of hydrogen-bond donors (Lipinski definition) is 2. The van der Waals surface area contributed by atoms with Crippen LogP contribution in [0.5, 0.6) is 11.5 Å². The second kappa shape index (κ2) is 9.93. The zero-order chi connectivity index (χ0) is 21.5. The van der Waals surface area contributed by atoms with Crippen molar-refractivity contribution in [3.05, 3.63) is 64.8 Å². The Morgan fingerprint density at radius 3 is 2.63 bits per heavy atom. The van der Waals surface area contributed by atoms with Gasteiger partial charge in [0.25, 0.3) is 11.8 Å². The van der Waals surface area contributed by atoms with Crippen molar-refractivity contribution < 1.29 is 19.1 Å². The number of halogens is 1. The molecule has 3 aromatic rings. The molecule has 0 saturated carbocycles. The number of hydrogen-bond acceptors (Lipinski definition) is 5. The highest BCUT2D eigenvalue weighted by molar-refractivity contribution is 6.29. The van der Waals surface area contributed by atoms with E-state index in [1.165, 1.54) is 7.11 Å². The van der Waals surface area contributed by atoms with Crippen LogP contribution in [0, 0.1) is 0 Å². The molecule has 3 rings (SSSR count). The maximum Gasteiger partial charge on any atom is 0.257 e. The van der Waals surface area contributed by atoms with E-state index in [9.17, 15) is 9.59 Å². The maximum atomic E-state index is 12.5. The number of carbonyl (C=O) groups is 2. The Hall–Kier alpha value is -3.32. The first-order valence-electron chi connectivity index (χ1n) is 9.41. The van der Waals surface area contributed by atoms with Gasteiger partial charge in [-0.2, -0.15) is 0 Å². The molecule has 0 bridgehead atoms. The predicted molar refractivity (Wildman–Crippen MR) is 115 cm³/mol. The van der Waals surface area contributed by atoms with E-state index in [2.05, 4.69) is 15.6 Å². The van der Waals surface area contributed by atoms with Gasteiger partial charge in [0.15, 0.2) is 18.1 Å². The van der Waals surface area contributed by atoms with Crippen LogP contribution in [0.2, 0.25) is 5.15 Å². The minimum Gasteiger partial charge on any atom is -0.493 e. The minimum absolute atomic E-state index is 0.0949. The van der Waals surface area contributed by atoms with Crippen LogP contribution in [0.4, 0.5) is 0 Å². The average Bonchev–Trinajstić information content (AvgIpc) is 2.76. The third-order valence-corrected chi connectivity index (χ3v) is 4.54. The number of nitrogens with zero attached hydrogens (tertiary/aromatic N) is 1. The van der Waals surface area contributed by atoms with Crippen LogP contribution in [-0.2, 0) is 11.3 Å². The lowest BCUT2D eigenvalue weighted by Gasteiger charge is -2.12. The third kappa shape index (κ3) is 5.39. The quantitative estimate of drug-likeness (QED) is 0.538. The molecule has 0 radical (unpaired) electrons. The van der Waals surface area contributed by atoms with Gasteiger partial charge in [0.05, 0.1) is 12.6 Å². The lowest BCUT2D eigenvalue weighted by Crippen LogP contribution is -2.28. The van der Waals surface area contributed by atoms with E-state index in [1.807, 2.05) is 19.1 Å². The highest BCUT2D eigenvalue weighted by atomic mass is 35.5. The van der Waals surface area contributed by atoms with Crippen molar-refractivity contribution in [2.24, 2.45) is 0 Å². The topological polar surface area (TPSA) is 89.6 Å². The van der Waals surface area contributed by atoms with Gasteiger partial charge >= 0.3 is 0 Å². The van der Waals surface area contributed by atoms with E-state index in [0.29, 0.717) is 35.3 Å². The molecule has 1 aromatic heterocycles. The third-order valence-electron chi connectivity index (χ3n) is 4.33. The largest absolute Gasteiger partial charge is 0.493 e. The van der Waals surface area contributed by atoms with Crippen molar-refractivity contribution in [3.63, 3.8) is 0 Å². The van der Waals surface area contributed by atoms with Crippen molar-refractivity contribution in [2.75, 3.05) is 20.3 Å². The molecule has 0 atom stereocenters. The average molecular weight is 428 g/mol. The summed E-state index contributed by atoms with van der Waals surface area (Å²) in [5, 5.41) is 6.79. The number of amides is 2. The minimum atomic E-state index is -0.206. The molecule has 0 spiro atoms. The number of carbonyl (C=O) groups excluding carboxylic acids is 2. The van der Waals surface area contributed by atoms with Crippen LogP contribution in [0.3, 0.4) is 0 Å². The fourth-order valence-electron chi connectivity index (χ4n) is 2.86. The van der Waals surface area contributed by atoms with Gasteiger partial charge in [-0.3, -0.25) is 9.59 Å². The van der Waals surface area contributed by atoms with E-state index in [-0.39, 0.29) is 18.4 Å². The van der Waals surface area contributed by atoms with Gasteiger partial charge in [-0.25, -0.2) is 4.98 Å². The Bertz CT molecular complexity index is 1070. The van der Waals surface area contributed by atoms with Crippen LogP contribution in [-0.4, -0.2) is 37.1 Å². The number of rotatable bonds is 8. The van der Waals surface area contributed by atoms with Gasteiger partial charge < -0.3 is 20.1 Å². The molecule has 0 saturated heterocycles. The van der Waals surface area contributed by atoms with Gasteiger partial charge in [0, 0.05) is 24.0 Å². The molecular formula is C22H22ClN3O4. The molecule has 0 aliphatic heterocycles. The summed E-state index contributed by atoms with van der Waals surface area (Å²) in [6, 6.07) is 14.0. The lowest BCUT2D eigenvalue weighted by molar-refractivity contribution is -0.123. The summed E-state index contributed by atoms with van der Waals surface area (Å²) in [5.41, 5.74) is 2.09. The smallest absolute Gasteiger partial charge is 0.257 e. The zero-order valence-corrected chi connectivity index (χ0v) is 17.5. The monoisotopic (exact) mass is 427 g/mol. The van der Waals surface area contributed by atoms with Gasteiger partial charge in [0.1, 0.15) is 5.15 Å². The highest BCUT2D eigenvalue weighted by Crippen LogP contribution is 2.28. The van der Waals surface area contributed by atoms with E-state index in [4.69, 9.17) is 21.1 Å². The molecule has 2 amide bonds. The Balaban J connectivity index is 1.64. The van der Waals surface area contributed by atoms with E-state index >= 15 is 0 Å². The molecular weight excluding hydrogens is 406 g/mol. The van der Waals surface area contributed by atoms with E-state index in [0.717, 1.165) is 16.5 Å². The van der Waals surface area contributed by atoms with Gasteiger partial charge in [-0.1, -0.05) is 17.7 Å². The Labute approximate surface area is 179 Å². The van der Waals surface area contributed by atoms with Crippen LogP contribution >= 0.6 is 11.6 Å². The Morgan fingerprint density at radius 1 is 1.03 bits per heavy atom. The first-order chi connectivity index (χ1) is 14.5. The lowest BCUT2D eigenvalue weighted by atomic mass is 10.1. The standard InChI is InChI=1S/C22H22ClN3O4/c1-3-24-21(27)13-30-18-8-4-14(10-19(18)29-2)12-25-22(28)16-5-7-17-15(11-16)6-9-20(23)26-17/h4-11H,3,12-13H2,1-2H3,(H,24,27)(H,25,28). The Morgan fingerprint density at radius 2 is 1.87 bits per heavy atom. The molecule has 30 heavy (non-hydrogen) atoms. The molecule has 1 heterocycles. The van der Waals surface area contributed by atoms with Crippen molar-refractivity contribution in [1.82, 2.24) is 15.6 Å². The Kier molecular flexibility index (Phi) is 7.08. The molecule has 7 nitrogen and oxygen atoms in total. The molecule has 0 aliphatic rings. The number of aromatic nitrogens is 1. The number of fused-ring (bicyclic) bond motifs is 1. The van der Waals surface area contributed by atoms with Crippen LogP contribution in [0.1, 0.15) is 22.8 Å². The van der Waals surface area contributed by atoms with Gasteiger partial charge in [0.2, 0.25) is 0 Å². The molecule has 2 N–H and O–H groups in total. The fraction of sp³-hybridized carbons (Fsp3) is 0.227. The molecule has 0 aliphatic carbocycles. The maximum absolute atomic E-state index is 12.5. The molecule has 8 heteroatoms. The second-order valence-corrected chi connectivity index (χ2v) is 6.84. The summed E-state index contributed by atoms with van der Waals surface area (Å²) in [7, 11) is 1.52. The summed E-state index contributed by atoms with van der Waals surface area (Å²) < 4.78 is 10.8. The van der Waals surface area contributed by atoms with Crippen LogP contribution < -0.4 is 20.1 Å². The van der Waals surface area contributed by atoms with Gasteiger partial charge in [-0.15, -0.1) is 0 Å². The molecule has 0 fully saturated rings. The number of ether oxygens (including phenoxy) is 2. The van der Waals surface area contributed by atoms with Crippen LogP contribution in [0.15, 0.2) is 48.5 Å². The summed E-state index contributed by atoms with van der Waals surface area (Å²) in [6.07, 6.45) is 0. The number of likely N-dealkylation sites (N-methyl/N-ethyl adjacent to an activating group) is 1. The molecule has 2 aromatic carbocycles. The van der Waals surface area contributed by atoms with Gasteiger partial charge in [-0.05, 0) is 55.0 Å². The number of nitrogens with one attached hydrogen (secondary N) is 2. The van der Waals surface area contributed by atoms with Crippen molar-refractivity contribution in [3.8, 4) is 11.5 Å². The number of methoxy groups -OCH3 is 1. The van der Waals surface area contributed by atoms with E-state index < -0.39 is 0 Å². The predicted octanol–water partition coefficient (Wildman–Crippen LogP) is 3.34.